The molecule has 0 atom stereocenters. The van der Waals surface area contributed by atoms with Crippen LogP contribution in [0.2, 0.25) is 0 Å². The molecule has 0 aromatic carbocycles. The molecule has 1 aliphatic rings. The molecule has 0 spiro atoms. The zero-order chi connectivity index (χ0) is 13.6. The summed E-state index contributed by atoms with van der Waals surface area (Å²) in [5.74, 6) is 1.56. The van der Waals surface area contributed by atoms with E-state index < -0.39 is 0 Å². The molecule has 1 fully saturated rings. The molecular weight excluding hydrogens is 222 g/mol. The maximum absolute atomic E-state index is 5.47. The lowest BCUT2D eigenvalue weighted by Gasteiger charge is -2.36. The van der Waals surface area contributed by atoms with Crippen LogP contribution in [0.5, 0.6) is 0 Å². The molecule has 0 aromatic rings. The molecule has 0 radical (unpaired) electrons. The molecule has 1 heterocycles. The molecule has 1 aliphatic heterocycles. The van der Waals surface area contributed by atoms with Crippen LogP contribution in [-0.4, -0.2) is 25.8 Å². The summed E-state index contributed by atoms with van der Waals surface area (Å²) in [5, 5.41) is 3.84. The second-order valence-electron chi connectivity index (χ2n) is 7.26. The highest BCUT2D eigenvalue weighted by Crippen LogP contribution is 2.29. The molecule has 2 heteroatoms. The van der Waals surface area contributed by atoms with Crippen LogP contribution in [0.3, 0.4) is 0 Å². The Bertz CT molecular complexity index is 209. The zero-order valence-corrected chi connectivity index (χ0v) is 13.1. The summed E-state index contributed by atoms with van der Waals surface area (Å²) in [7, 11) is 0. The van der Waals surface area contributed by atoms with E-state index in [-0.39, 0.29) is 0 Å². The normalized spacial score (nSPS) is 20.0. The second-order valence-corrected chi connectivity index (χ2v) is 7.26. The van der Waals surface area contributed by atoms with Crippen LogP contribution in [0.25, 0.3) is 0 Å². The third kappa shape index (κ3) is 6.19. The average Bonchev–Trinajstić information content (AvgIpc) is 2.26. The Hall–Kier alpha value is -0.0800. The van der Waals surface area contributed by atoms with Crippen molar-refractivity contribution in [1.29, 1.82) is 0 Å². The van der Waals surface area contributed by atoms with E-state index in [1.54, 1.807) is 0 Å². The van der Waals surface area contributed by atoms with Gasteiger partial charge < -0.3 is 10.1 Å². The number of rotatable bonds is 7. The smallest absolute Gasteiger partial charge is 0.0471 e. The summed E-state index contributed by atoms with van der Waals surface area (Å²) in [6, 6.07) is 0.685. The minimum absolute atomic E-state index is 0.449. The van der Waals surface area contributed by atoms with Crippen LogP contribution in [0.15, 0.2) is 0 Å². The van der Waals surface area contributed by atoms with Crippen molar-refractivity contribution in [2.45, 2.75) is 66.3 Å². The van der Waals surface area contributed by atoms with Crippen LogP contribution in [0.1, 0.15) is 60.3 Å². The summed E-state index contributed by atoms with van der Waals surface area (Å²) in [6.07, 6.45) is 5.00. The predicted octanol–water partition coefficient (Wildman–Crippen LogP) is 3.85. The van der Waals surface area contributed by atoms with E-state index in [1.807, 2.05) is 0 Å². The second kappa shape index (κ2) is 7.49. The van der Waals surface area contributed by atoms with E-state index in [9.17, 15) is 0 Å². The Balaban J connectivity index is 2.39. The van der Waals surface area contributed by atoms with Gasteiger partial charge in [0.2, 0.25) is 0 Å². The first kappa shape index (κ1) is 16.0. The highest BCUT2D eigenvalue weighted by molar-refractivity contribution is 4.82. The summed E-state index contributed by atoms with van der Waals surface area (Å²) in [6.45, 7) is 14.7. The van der Waals surface area contributed by atoms with Crippen molar-refractivity contribution in [3.8, 4) is 0 Å². The molecule has 0 bridgehead atoms. The summed E-state index contributed by atoms with van der Waals surface area (Å²) >= 11 is 0. The van der Waals surface area contributed by atoms with E-state index in [2.05, 4.69) is 39.9 Å². The lowest BCUT2D eigenvalue weighted by molar-refractivity contribution is 0.0222. The molecule has 1 rings (SSSR count). The van der Waals surface area contributed by atoms with Gasteiger partial charge in [-0.05, 0) is 42.9 Å². The molecule has 1 saturated heterocycles. The fraction of sp³-hybridized carbons (Fsp3) is 1.00. The number of ether oxygens (including phenoxy) is 1. The Morgan fingerprint density at radius 3 is 1.94 bits per heavy atom. The quantitative estimate of drug-likeness (QED) is 0.746. The maximum atomic E-state index is 5.47. The van der Waals surface area contributed by atoms with Gasteiger partial charge in [0.25, 0.3) is 0 Å². The molecule has 18 heavy (non-hydrogen) atoms. The van der Waals surface area contributed by atoms with Gasteiger partial charge in [-0.1, -0.05) is 34.6 Å². The van der Waals surface area contributed by atoms with Gasteiger partial charge >= 0.3 is 0 Å². The van der Waals surface area contributed by atoms with Crippen molar-refractivity contribution in [3.05, 3.63) is 0 Å². The number of nitrogens with one attached hydrogen (secondary N) is 1. The Labute approximate surface area is 114 Å². The highest BCUT2D eigenvalue weighted by atomic mass is 16.5. The van der Waals surface area contributed by atoms with E-state index in [1.165, 1.54) is 25.7 Å². The van der Waals surface area contributed by atoms with Crippen LogP contribution in [0, 0.1) is 17.3 Å². The van der Waals surface area contributed by atoms with E-state index in [0.717, 1.165) is 31.6 Å². The van der Waals surface area contributed by atoms with Crippen molar-refractivity contribution in [1.82, 2.24) is 5.32 Å². The Morgan fingerprint density at radius 2 is 1.50 bits per heavy atom. The van der Waals surface area contributed by atoms with Crippen LogP contribution < -0.4 is 5.32 Å². The van der Waals surface area contributed by atoms with Crippen molar-refractivity contribution in [3.63, 3.8) is 0 Å². The standard InChI is InChI=1S/C16H33NO/c1-13(2)10-15(11-14(3)4)17-12-16(5)6-8-18-9-7-16/h13-15,17H,6-12H2,1-5H3. The lowest BCUT2D eigenvalue weighted by Crippen LogP contribution is -2.42. The molecule has 0 aromatic heterocycles. The van der Waals surface area contributed by atoms with Crippen LogP contribution in [0.4, 0.5) is 0 Å². The minimum Gasteiger partial charge on any atom is -0.381 e. The number of hydrogen-bond acceptors (Lipinski definition) is 2. The van der Waals surface area contributed by atoms with Crippen LogP contribution in [-0.2, 0) is 4.74 Å². The average molecular weight is 255 g/mol. The van der Waals surface area contributed by atoms with Gasteiger partial charge in [-0.2, -0.15) is 0 Å². The van der Waals surface area contributed by atoms with Gasteiger partial charge in [0.15, 0.2) is 0 Å². The topological polar surface area (TPSA) is 21.3 Å². The first-order chi connectivity index (χ1) is 8.41. The van der Waals surface area contributed by atoms with Crippen molar-refractivity contribution in [2.75, 3.05) is 19.8 Å². The fourth-order valence-electron chi connectivity index (χ4n) is 2.83. The van der Waals surface area contributed by atoms with Crippen molar-refractivity contribution < 1.29 is 4.74 Å². The third-order valence-corrected chi connectivity index (χ3v) is 4.03. The van der Waals surface area contributed by atoms with Gasteiger partial charge in [0.1, 0.15) is 0 Å². The van der Waals surface area contributed by atoms with Gasteiger partial charge in [-0.25, -0.2) is 0 Å². The Morgan fingerprint density at radius 1 is 1.00 bits per heavy atom. The molecular formula is C16H33NO. The van der Waals surface area contributed by atoms with E-state index in [0.29, 0.717) is 11.5 Å². The van der Waals surface area contributed by atoms with Gasteiger partial charge in [-0.15, -0.1) is 0 Å². The largest absolute Gasteiger partial charge is 0.381 e. The van der Waals surface area contributed by atoms with Gasteiger partial charge in [0, 0.05) is 25.8 Å². The molecule has 108 valence electrons. The molecule has 2 nitrogen and oxygen atoms in total. The fourth-order valence-corrected chi connectivity index (χ4v) is 2.83. The monoisotopic (exact) mass is 255 g/mol. The predicted molar refractivity (Wildman–Crippen MR) is 78.9 cm³/mol. The van der Waals surface area contributed by atoms with Crippen LogP contribution >= 0.6 is 0 Å². The van der Waals surface area contributed by atoms with Crippen molar-refractivity contribution >= 4 is 0 Å². The zero-order valence-electron chi connectivity index (χ0n) is 13.1. The van der Waals surface area contributed by atoms with E-state index >= 15 is 0 Å². The van der Waals surface area contributed by atoms with Gasteiger partial charge in [0.05, 0.1) is 0 Å². The summed E-state index contributed by atoms with van der Waals surface area (Å²) < 4.78 is 5.47. The third-order valence-electron chi connectivity index (χ3n) is 4.03. The van der Waals surface area contributed by atoms with Crippen molar-refractivity contribution in [2.24, 2.45) is 17.3 Å². The molecule has 0 saturated carbocycles. The Kier molecular flexibility index (Phi) is 6.65. The molecule has 1 N–H and O–H groups in total. The first-order valence-corrected chi connectivity index (χ1v) is 7.72. The SMILES string of the molecule is CC(C)CC(CC(C)C)NCC1(C)CCOCC1. The minimum atomic E-state index is 0.449. The van der Waals surface area contributed by atoms with Gasteiger partial charge in [-0.3, -0.25) is 0 Å². The molecule has 0 amide bonds. The maximum Gasteiger partial charge on any atom is 0.0471 e. The summed E-state index contributed by atoms with van der Waals surface area (Å²) in [4.78, 5) is 0. The first-order valence-electron chi connectivity index (χ1n) is 7.72. The number of hydrogen-bond donors (Lipinski definition) is 1. The molecule has 0 aliphatic carbocycles. The lowest BCUT2D eigenvalue weighted by atomic mass is 9.82. The summed E-state index contributed by atoms with van der Waals surface area (Å²) in [5.41, 5.74) is 0.449. The van der Waals surface area contributed by atoms with E-state index in [4.69, 9.17) is 4.74 Å². The molecule has 0 unspecified atom stereocenters. The highest BCUT2D eigenvalue weighted by Gasteiger charge is 2.28.